The van der Waals surface area contributed by atoms with Gasteiger partial charge in [-0.2, -0.15) is 0 Å². The monoisotopic (exact) mass is 468 g/mol. The van der Waals surface area contributed by atoms with Gasteiger partial charge in [0.15, 0.2) is 5.78 Å². The van der Waals surface area contributed by atoms with Crippen molar-refractivity contribution in [2.45, 2.75) is 24.9 Å². The Morgan fingerprint density at radius 3 is 1.88 bits per heavy atom. The van der Waals surface area contributed by atoms with Crippen molar-refractivity contribution in [1.82, 2.24) is 9.80 Å². The Balaban J connectivity index is 0.00000144. The van der Waals surface area contributed by atoms with Crippen molar-refractivity contribution in [3.8, 4) is 0 Å². The molecule has 3 aromatic rings. The SMILES string of the molecule is CN(CC(=O)c1ccccc1)C1CN(C2c3ccccc3CCc3ccccc32)C1.Cl.Cl. The Kier molecular flexibility index (Phi) is 8.13. The van der Waals surface area contributed by atoms with Gasteiger partial charge in [0, 0.05) is 24.7 Å². The lowest BCUT2D eigenvalue weighted by Gasteiger charge is -2.48. The fourth-order valence-corrected chi connectivity index (χ4v) is 4.94. The van der Waals surface area contributed by atoms with E-state index in [0.29, 0.717) is 18.6 Å². The molecule has 0 radical (unpaired) electrons. The highest BCUT2D eigenvalue weighted by atomic mass is 35.5. The van der Waals surface area contributed by atoms with Gasteiger partial charge in [-0.3, -0.25) is 14.6 Å². The molecular weight excluding hydrogens is 439 g/mol. The number of Topliss-reactive ketones (excluding diaryl/α,β-unsaturated/α-hetero) is 1. The molecule has 0 unspecified atom stereocenters. The second-order valence-electron chi connectivity index (χ2n) is 8.61. The van der Waals surface area contributed by atoms with E-state index in [1.807, 2.05) is 30.3 Å². The number of hydrogen-bond donors (Lipinski definition) is 0. The minimum atomic E-state index is 0. The molecule has 1 aliphatic heterocycles. The summed E-state index contributed by atoms with van der Waals surface area (Å²) in [6.45, 7) is 2.46. The van der Waals surface area contributed by atoms with Crippen molar-refractivity contribution in [3.05, 3.63) is 107 Å². The van der Waals surface area contributed by atoms with Crippen LogP contribution in [0.1, 0.15) is 38.7 Å². The summed E-state index contributed by atoms with van der Waals surface area (Å²) in [7, 11) is 2.08. The first-order valence-electron chi connectivity index (χ1n) is 10.9. The molecule has 0 amide bonds. The number of hydrogen-bond acceptors (Lipinski definition) is 3. The van der Waals surface area contributed by atoms with Crippen LogP contribution in [0.4, 0.5) is 0 Å². The second-order valence-corrected chi connectivity index (χ2v) is 8.61. The van der Waals surface area contributed by atoms with Crippen LogP contribution in [0.25, 0.3) is 0 Å². The lowest BCUT2D eigenvalue weighted by Crippen LogP contribution is -2.60. The number of halogens is 2. The molecule has 1 saturated heterocycles. The van der Waals surface area contributed by atoms with Crippen LogP contribution in [-0.4, -0.2) is 48.3 Å². The summed E-state index contributed by atoms with van der Waals surface area (Å²) >= 11 is 0. The number of nitrogens with zero attached hydrogens (tertiary/aromatic N) is 2. The van der Waals surface area contributed by atoms with E-state index in [1.165, 1.54) is 22.3 Å². The van der Waals surface area contributed by atoms with E-state index in [-0.39, 0.29) is 30.6 Å². The summed E-state index contributed by atoms with van der Waals surface area (Å²) in [6, 6.07) is 28.2. The highest BCUT2D eigenvalue weighted by Gasteiger charge is 2.38. The van der Waals surface area contributed by atoms with E-state index < -0.39 is 0 Å². The topological polar surface area (TPSA) is 23.6 Å². The summed E-state index contributed by atoms with van der Waals surface area (Å²) in [5, 5.41) is 0. The fraction of sp³-hybridized carbons (Fsp3) is 0.296. The molecule has 168 valence electrons. The van der Waals surface area contributed by atoms with Crippen LogP contribution in [0, 0.1) is 0 Å². The molecular formula is C27H30Cl2N2O. The summed E-state index contributed by atoms with van der Waals surface area (Å²) in [6.07, 6.45) is 2.21. The van der Waals surface area contributed by atoms with Crippen LogP contribution in [0.15, 0.2) is 78.9 Å². The first-order chi connectivity index (χ1) is 14.7. The van der Waals surface area contributed by atoms with Crippen LogP contribution in [0.3, 0.4) is 0 Å². The zero-order valence-corrected chi connectivity index (χ0v) is 19.9. The van der Waals surface area contributed by atoms with Crippen molar-refractivity contribution in [3.63, 3.8) is 0 Å². The molecule has 1 aliphatic carbocycles. The van der Waals surface area contributed by atoms with Crippen molar-refractivity contribution in [2.24, 2.45) is 0 Å². The van der Waals surface area contributed by atoms with Gasteiger partial charge in [0.1, 0.15) is 0 Å². The molecule has 0 bridgehead atoms. The number of carbonyl (C=O) groups is 1. The zero-order valence-electron chi connectivity index (χ0n) is 18.3. The standard InChI is InChI=1S/C27H28N2O.2ClH/c1-28(19-26(30)22-11-3-2-4-12-22)23-17-29(18-23)27-24-13-7-5-9-20(24)15-16-21-10-6-8-14-25(21)27;;/h2-14,23,27H,15-19H2,1H3;2*1H. The highest BCUT2D eigenvalue weighted by molar-refractivity contribution is 5.97. The summed E-state index contributed by atoms with van der Waals surface area (Å²) in [4.78, 5) is 17.4. The van der Waals surface area contributed by atoms with Crippen LogP contribution >= 0.6 is 24.8 Å². The normalized spacial score (nSPS) is 16.1. The first kappa shape index (κ1) is 24.5. The van der Waals surface area contributed by atoms with Crippen molar-refractivity contribution < 1.29 is 4.79 Å². The third-order valence-electron chi connectivity index (χ3n) is 6.73. The molecule has 0 atom stereocenters. The number of likely N-dealkylation sites (N-methyl/N-ethyl adjacent to an activating group) is 1. The molecule has 0 aromatic heterocycles. The summed E-state index contributed by atoms with van der Waals surface area (Å²) < 4.78 is 0. The van der Waals surface area contributed by atoms with Gasteiger partial charge in [0.2, 0.25) is 0 Å². The van der Waals surface area contributed by atoms with Crippen LogP contribution in [0.5, 0.6) is 0 Å². The third-order valence-corrected chi connectivity index (χ3v) is 6.73. The van der Waals surface area contributed by atoms with Gasteiger partial charge < -0.3 is 0 Å². The molecule has 1 fully saturated rings. The summed E-state index contributed by atoms with van der Waals surface area (Å²) in [5.74, 6) is 0.196. The van der Waals surface area contributed by atoms with Crippen LogP contribution in [-0.2, 0) is 12.8 Å². The van der Waals surface area contributed by atoms with Gasteiger partial charge in [-0.05, 0) is 42.1 Å². The molecule has 2 aliphatic rings. The molecule has 5 rings (SSSR count). The maximum absolute atomic E-state index is 12.6. The lowest BCUT2D eigenvalue weighted by molar-refractivity contribution is 0.0273. The smallest absolute Gasteiger partial charge is 0.176 e. The van der Waals surface area contributed by atoms with Crippen LogP contribution < -0.4 is 0 Å². The highest BCUT2D eigenvalue weighted by Crippen LogP contribution is 2.39. The quantitative estimate of drug-likeness (QED) is 0.479. The van der Waals surface area contributed by atoms with Gasteiger partial charge in [0.05, 0.1) is 12.6 Å². The molecule has 0 spiro atoms. The van der Waals surface area contributed by atoms with E-state index in [1.54, 1.807) is 0 Å². The predicted octanol–water partition coefficient (Wildman–Crippen LogP) is 5.22. The molecule has 0 saturated carbocycles. The Morgan fingerprint density at radius 2 is 1.31 bits per heavy atom. The van der Waals surface area contributed by atoms with Gasteiger partial charge in [-0.15, -0.1) is 24.8 Å². The van der Waals surface area contributed by atoms with Gasteiger partial charge >= 0.3 is 0 Å². The average Bonchev–Trinajstić information content (AvgIpc) is 2.91. The molecule has 3 aromatic carbocycles. The Hall–Kier alpha value is -2.17. The molecule has 1 heterocycles. The van der Waals surface area contributed by atoms with E-state index in [0.717, 1.165) is 31.5 Å². The van der Waals surface area contributed by atoms with Gasteiger partial charge in [0.25, 0.3) is 0 Å². The zero-order chi connectivity index (χ0) is 20.5. The Labute approximate surface area is 203 Å². The van der Waals surface area contributed by atoms with E-state index in [4.69, 9.17) is 0 Å². The second kappa shape index (κ2) is 10.6. The number of rotatable bonds is 5. The van der Waals surface area contributed by atoms with E-state index >= 15 is 0 Å². The lowest BCUT2D eigenvalue weighted by atomic mass is 9.90. The van der Waals surface area contributed by atoms with Crippen molar-refractivity contribution in [2.75, 3.05) is 26.7 Å². The van der Waals surface area contributed by atoms with Crippen molar-refractivity contribution >= 4 is 30.6 Å². The number of benzene rings is 3. The molecule has 32 heavy (non-hydrogen) atoms. The maximum Gasteiger partial charge on any atom is 0.176 e. The van der Waals surface area contributed by atoms with E-state index in [2.05, 4.69) is 65.4 Å². The van der Waals surface area contributed by atoms with E-state index in [9.17, 15) is 4.79 Å². The number of fused-ring (bicyclic) bond motifs is 2. The van der Waals surface area contributed by atoms with Gasteiger partial charge in [-0.25, -0.2) is 0 Å². The largest absolute Gasteiger partial charge is 0.293 e. The number of ketones is 1. The average molecular weight is 469 g/mol. The molecule has 3 nitrogen and oxygen atoms in total. The number of likely N-dealkylation sites (tertiary alicyclic amines) is 1. The molecule has 0 N–H and O–H groups in total. The minimum absolute atomic E-state index is 0. The number of aryl methyl sites for hydroxylation is 2. The molecule has 5 heteroatoms. The first-order valence-corrected chi connectivity index (χ1v) is 10.9. The van der Waals surface area contributed by atoms with Gasteiger partial charge in [-0.1, -0.05) is 78.9 Å². The van der Waals surface area contributed by atoms with Crippen LogP contribution in [0.2, 0.25) is 0 Å². The van der Waals surface area contributed by atoms with Crippen molar-refractivity contribution in [1.29, 1.82) is 0 Å². The minimum Gasteiger partial charge on any atom is -0.293 e. The third kappa shape index (κ3) is 4.77. The fourth-order valence-electron chi connectivity index (χ4n) is 4.94. The summed E-state index contributed by atoms with van der Waals surface area (Å²) in [5.41, 5.74) is 6.63. The predicted molar refractivity (Wildman–Crippen MR) is 135 cm³/mol. The Bertz CT molecular complexity index is 1000. The maximum atomic E-state index is 12.6. The Morgan fingerprint density at radius 1 is 0.812 bits per heavy atom. The number of carbonyl (C=O) groups excluding carboxylic acids is 1.